The zero-order valence-corrected chi connectivity index (χ0v) is 10.7. The molecule has 0 radical (unpaired) electrons. The molecule has 3 fully saturated rings. The molecule has 3 rings (SSSR count). The highest BCUT2D eigenvalue weighted by molar-refractivity contribution is 4.96. The molecule has 17 heavy (non-hydrogen) atoms. The van der Waals surface area contributed by atoms with E-state index in [2.05, 4.69) is 11.4 Å². The van der Waals surface area contributed by atoms with Crippen molar-refractivity contribution in [2.45, 2.75) is 57.4 Å². The first kappa shape index (κ1) is 11.5. The van der Waals surface area contributed by atoms with E-state index in [1.165, 1.54) is 51.5 Å². The summed E-state index contributed by atoms with van der Waals surface area (Å²) in [5, 5.41) is 12.9. The third kappa shape index (κ3) is 2.36. The van der Waals surface area contributed by atoms with Crippen LogP contribution in [0.5, 0.6) is 0 Å². The van der Waals surface area contributed by atoms with Gasteiger partial charge in [-0.05, 0) is 56.4 Å². The lowest BCUT2D eigenvalue weighted by molar-refractivity contribution is 0.261. The average molecular weight is 232 g/mol. The van der Waals surface area contributed by atoms with E-state index < -0.39 is 0 Å². The first-order chi connectivity index (χ1) is 8.36. The highest BCUT2D eigenvalue weighted by atomic mass is 14.9. The number of nitrogens with one attached hydrogen (secondary N) is 1. The van der Waals surface area contributed by atoms with Crippen LogP contribution in [-0.4, -0.2) is 12.6 Å². The van der Waals surface area contributed by atoms with E-state index in [0.717, 1.165) is 24.2 Å². The quantitative estimate of drug-likeness (QED) is 0.811. The van der Waals surface area contributed by atoms with Gasteiger partial charge in [-0.2, -0.15) is 5.26 Å². The smallest absolute Gasteiger partial charge is 0.0672 e. The fraction of sp³-hybridized carbons (Fsp3) is 0.933. The van der Waals surface area contributed by atoms with Crippen molar-refractivity contribution in [3.63, 3.8) is 0 Å². The molecule has 5 atom stereocenters. The lowest BCUT2D eigenvalue weighted by Crippen LogP contribution is -2.41. The van der Waals surface area contributed by atoms with Gasteiger partial charge in [0, 0.05) is 6.04 Å². The van der Waals surface area contributed by atoms with Crippen molar-refractivity contribution < 1.29 is 0 Å². The summed E-state index contributed by atoms with van der Waals surface area (Å²) in [5.74, 6) is 3.26. The fourth-order valence-corrected chi connectivity index (χ4v) is 4.46. The van der Waals surface area contributed by atoms with Gasteiger partial charge in [0.2, 0.25) is 0 Å². The van der Waals surface area contributed by atoms with Crippen molar-refractivity contribution in [2.75, 3.05) is 6.54 Å². The molecular weight excluding hydrogens is 208 g/mol. The van der Waals surface area contributed by atoms with Crippen LogP contribution in [0, 0.1) is 35.0 Å². The summed E-state index contributed by atoms with van der Waals surface area (Å²) in [6, 6.07) is 2.99. The minimum Gasteiger partial charge on any atom is -0.312 e. The fourth-order valence-electron chi connectivity index (χ4n) is 4.46. The van der Waals surface area contributed by atoms with Gasteiger partial charge in [-0.15, -0.1) is 0 Å². The third-order valence-corrected chi connectivity index (χ3v) is 5.46. The minimum absolute atomic E-state index is 0.280. The van der Waals surface area contributed by atoms with Crippen molar-refractivity contribution in [3.05, 3.63) is 0 Å². The van der Waals surface area contributed by atoms with Crippen molar-refractivity contribution >= 4 is 0 Å². The molecule has 0 aromatic heterocycles. The van der Waals surface area contributed by atoms with Gasteiger partial charge in [0.1, 0.15) is 0 Å². The van der Waals surface area contributed by atoms with Gasteiger partial charge in [-0.3, -0.25) is 0 Å². The van der Waals surface area contributed by atoms with Gasteiger partial charge >= 0.3 is 0 Å². The number of rotatable bonds is 3. The van der Waals surface area contributed by atoms with Gasteiger partial charge in [0.25, 0.3) is 0 Å². The SMILES string of the molecule is N#CC1CCCCC1NCC1CC2CCC1C2. The van der Waals surface area contributed by atoms with Crippen LogP contribution in [0.4, 0.5) is 0 Å². The Morgan fingerprint density at radius 1 is 1.06 bits per heavy atom. The minimum atomic E-state index is 0.280. The molecule has 0 aliphatic heterocycles. The molecule has 3 aliphatic rings. The topological polar surface area (TPSA) is 35.8 Å². The number of fused-ring (bicyclic) bond motifs is 2. The maximum Gasteiger partial charge on any atom is 0.0672 e. The summed E-state index contributed by atoms with van der Waals surface area (Å²) < 4.78 is 0. The van der Waals surface area contributed by atoms with E-state index in [0.29, 0.717) is 6.04 Å². The van der Waals surface area contributed by atoms with E-state index in [1.807, 2.05) is 0 Å². The van der Waals surface area contributed by atoms with Crippen molar-refractivity contribution in [2.24, 2.45) is 23.7 Å². The molecule has 0 amide bonds. The van der Waals surface area contributed by atoms with Crippen LogP contribution >= 0.6 is 0 Å². The summed E-state index contributed by atoms with van der Waals surface area (Å²) in [5.41, 5.74) is 0. The molecule has 1 N–H and O–H groups in total. The molecule has 0 heterocycles. The molecule has 3 saturated carbocycles. The first-order valence-electron chi connectivity index (χ1n) is 7.50. The van der Waals surface area contributed by atoms with Crippen LogP contribution in [0.25, 0.3) is 0 Å². The molecule has 2 nitrogen and oxygen atoms in total. The Hall–Kier alpha value is -0.550. The largest absolute Gasteiger partial charge is 0.312 e. The number of nitriles is 1. The number of nitrogens with zero attached hydrogens (tertiary/aromatic N) is 1. The standard InChI is InChI=1S/C15H24N2/c16-9-13-3-1-2-4-15(13)17-10-14-8-11-5-6-12(14)7-11/h11-15,17H,1-8,10H2. The normalized spacial score (nSPS) is 44.8. The van der Waals surface area contributed by atoms with Crippen LogP contribution in [0.1, 0.15) is 51.4 Å². The Bertz CT molecular complexity index is 307. The molecule has 0 aromatic rings. The van der Waals surface area contributed by atoms with E-state index in [9.17, 15) is 0 Å². The third-order valence-electron chi connectivity index (χ3n) is 5.46. The van der Waals surface area contributed by atoms with Crippen LogP contribution in [0.3, 0.4) is 0 Å². The summed E-state index contributed by atoms with van der Waals surface area (Å²) >= 11 is 0. The van der Waals surface area contributed by atoms with Gasteiger partial charge < -0.3 is 5.32 Å². The van der Waals surface area contributed by atoms with E-state index >= 15 is 0 Å². The Balaban J connectivity index is 1.49. The monoisotopic (exact) mass is 232 g/mol. The van der Waals surface area contributed by atoms with E-state index in [1.54, 1.807) is 0 Å². The highest BCUT2D eigenvalue weighted by Crippen LogP contribution is 2.48. The second-order valence-corrected chi connectivity index (χ2v) is 6.47. The second kappa shape index (κ2) is 4.98. The molecule has 3 aliphatic carbocycles. The molecule has 2 heteroatoms. The van der Waals surface area contributed by atoms with Crippen LogP contribution in [-0.2, 0) is 0 Å². The maximum absolute atomic E-state index is 9.17. The van der Waals surface area contributed by atoms with E-state index in [-0.39, 0.29) is 5.92 Å². The molecule has 0 saturated heterocycles. The molecule has 5 unspecified atom stereocenters. The number of hydrogen-bond donors (Lipinski definition) is 1. The zero-order valence-electron chi connectivity index (χ0n) is 10.7. The summed E-state index contributed by atoms with van der Waals surface area (Å²) in [6.45, 7) is 1.18. The molecule has 0 spiro atoms. The Labute approximate surface area is 105 Å². The molecular formula is C15H24N2. The van der Waals surface area contributed by atoms with Crippen molar-refractivity contribution in [1.29, 1.82) is 5.26 Å². The first-order valence-corrected chi connectivity index (χ1v) is 7.50. The van der Waals surface area contributed by atoms with Gasteiger partial charge in [0.05, 0.1) is 12.0 Å². The molecule has 2 bridgehead atoms. The number of hydrogen-bond acceptors (Lipinski definition) is 2. The van der Waals surface area contributed by atoms with Crippen LogP contribution in [0.2, 0.25) is 0 Å². The predicted molar refractivity (Wildman–Crippen MR) is 68.3 cm³/mol. The van der Waals surface area contributed by atoms with Gasteiger partial charge in [-0.25, -0.2) is 0 Å². The Morgan fingerprint density at radius 2 is 1.94 bits per heavy atom. The summed E-state index contributed by atoms with van der Waals surface area (Å²) in [7, 11) is 0. The Kier molecular flexibility index (Phi) is 3.38. The summed E-state index contributed by atoms with van der Waals surface area (Å²) in [6.07, 6.45) is 10.8. The summed E-state index contributed by atoms with van der Waals surface area (Å²) in [4.78, 5) is 0. The Morgan fingerprint density at radius 3 is 2.65 bits per heavy atom. The lowest BCUT2D eigenvalue weighted by atomic mass is 9.84. The molecule has 94 valence electrons. The van der Waals surface area contributed by atoms with Crippen molar-refractivity contribution in [3.8, 4) is 6.07 Å². The van der Waals surface area contributed by atoms with Gasteiger partial charge in [-0.1, -0.05) is 19.3 Å². The van der Waals surface area contributed by atoms with E-state index in [4.69, 9.17) is 5.26 Å². The van der Waals surface area contributed by atoms with Gasteiger partial charge in [0.15, 0.2) is 0 Å². The average Bonchev–Trinajstić information content (AvgIpc) is 2.98. The molecule has 0 aromatic carbocycles. The highest BCUT2D eigenvalue weighted by Gasteiger charge is 2.39. The second-order valence-electron chi connectivity index (χ2n) is 6.47. The van der Waals surface area contributed by atoms with Crippen LogP contribution < -0.4 is 5.32 Å². The van der Waals surface area contributed by atoms with Crippen molar-refractivity contribution in [1.82, 2.24) is 5.32 Å². The maximum atomic E-state index is 9.17. The zero-order chi connectivity index (χ0) is 11.7. The van der Waals surface area contributed by atoms with Crippen LogP contribution in [0.15, 0.2) is 0 Å². The lowest BCUT2D eigenvalue weighted by Gasteiger charge is -2.30. The predicted octanol–water partition coefficient (Wildman–Crippen LogP) is 3.09.